The van der Waals surface area contributed by atoms with Crippen molar-refractivity contribution in [3.8, 4) is 0 Å². The first-order valence-electron chi connectivity index (χ1n) is 8.37. The zero-order valence-corrected chi connectivity index (χ0v) is 14.1. The fraction of sp³-hybridized carbons (Fsp3) is 0.611. The molecule has 22 heavy (non-hydrogen) atoms. The third-order valence-corrected chi connectivity index (χ3v) is 4.37. The molecule has 1 aliphatic rings. The number of anilines is 1. The molecule has 0 saturated carbocycles. The van der Waals surface area contributed by atoms with Crippen LogP contribution in [0.3, 0.4) is 0 Å². The highest BCUT2D eigenvalue weighted by atomic mass is 16.2. The van der Waals surface area contributed by atoms with Crippen LogP contribution in [0.15, 0.2) is 30.3 Å². The predicted molar refractivity (Wildman–Crippen MR) is 92.2 cm³/mol. The van der Waals surface area contributed by atoms with Crippen molar-refractivity contribution in [3.63, 3.8) is 0 Å². The van der Waals surface area contributed by atoms with Gasteiger partial charge in [-0.2, -0.15) is 0 Å². The lowest BCUT2D eigenvalue weighted by atomic mass is 10.1. The Morgan fingerprint density at radius 3 is 2.64 bits per heavy atom. The molecule has 1 heterocycles. The molecule has 4 heteroatoms. The van der Waals surface area contributed by atoms with Crippen molar-refractivity contribution in [1.29, 1.82) is 0 Å². The van der Waals surface area contributed by atoms with Gasteiger partial charge in [0, 0.05) is 17.8 Å². The lowest BCUT2D eigenvalue weighted by molar-refractivity contribution is -0.120. The summed E-state index contributed by atoms with van der Waals surface area (Å²) in [4.78, 5) is 16.9. The van der Waals surface area contributed by atoms with E-state index < -0.39 is 0 Å². The van der Waals surface area contributed by atoms with Gasteiger partial charge >= 0.3 is 0 Å². The lowest BCUT2D eigenvalue weighted by Crippen LogP contribution is -2.45. The maximum atomic E-state index is 12.8. The minimum absolute atomic E-state index is 0.166. The molecule has 2 rings (SSSR count). The van der Waals surface area contributed by atoms with Crippen LogP contribution in [0.1, 0.15) is 33.1 Å². The van der Waals surface area contributed by atoms with E-state index in [1.807, 2.05) is 35.2 Å². The van der Waals surface area contributed by atoms with Gasteiger partial charge in [0.15, 0.2) is 0 Å². The Kier molecular flexibility index (Phi) is 6.40. The molecular weight excluding hydrogens is 274 g/mol. The van der Waals surface area contributed by atoms with Gasteiger partial charge in [-0.1, -0.05) is 18.2 Å². The number of hydrogen-bond donors (Lipinski definition) is 1. The molecule has 1 aromatic rings. The molecule has 1 fully saturated rings. The molecule has 0 bridgehead atoms. The third kappa shape index (κ3) is 4.55. The van der Waals surface area contributed by atoms with Gasteiger partial charge in [0.05, 0.1) is 6.54 Å². The van der Waals surface area contributed by atoms with E-state index in [2.05, 4.69) is 31.1 Å². The number of likely N-dealkylation sites (N-methyl/N-ethyl adjacent to an activating group) is 1. The fourth-order valence-electron chi connectivity index (χ4n) is 3.18. The van der Waals surface area contributed by atoms with E-state index in [0.717, 1.165) is 25.2 Å². The van der Waals surface area contributed by atoms with E-state index >= 15 is 0 Å². The second-order valence-corrected chi connectivity index (χ2v) is 6.44. The Labute approximate surface area is 134 Å². The van der Waals surface area contributed by atoms with Crippen molar-refractivity contribution in [3.05, 3.63) is 30.3 Å². The topological polar surface area (TPSA) is 35.6 Å². The van der Waals surface area contributed by atoms with E-state index in [4.69, 9.17) is 0 Å². The van der Waals surface area contributed by atoms with Gasteiger partial charge < -0.3 is 10.2 Å². The average molecular weight is 303 g/mol. The molecule has 1 amide bonds. The van der Waals surface area contributed by atoms with Gasteiger partial charge in [-0.15, -0.1) is 0 Å². The van der Waals surface area contributed by atoms with Gasteiger partial charge in [-0.25, -0.2) is 0 Å². The fourth-order valence-corrected chi connectivity index (χ4v) is 3.18. The van der Waals surface area contributed by atoms with Crippen LogP contribution in [0.2, 0.25) is 0 Å². The van der Waals surface area contributed by atoms with E-state index in [1.165, 1.54) is 12.8 Å². The van der Waals surface area contributed by atoms with Crippen LogP contribution in [0.5, 0.6) is 0 Å². The van der Waals surface area contributed by atoms with Gasteiger partial charge in [0.2, 0.25) is 5.91 Å². The summed E-state index contributed by atoms with van der Waals surface area (Å²) >= 11 is 0. The second-order valence-electron chi connectivity index (χ2n) is 6.44. The molecular formula is C18H29N3O. The quantitative estimate of drug-likeness (QED) is 0.908. The first-order valence-corrected chi connectivity index (χ1v) is 8.37. The van der Waals surface area contributed by atoms with E-state index in [1.54, 1.807) is 0 Å². The largest absolute Gasteiger partial charge is 0.317 e. The molecule has 122 valence electrons. The minimum Gasteiger partial charge on any atom is -0.317 e. The van der Waals surface area contributed by atoms with Crippen LogP contribution in [0.4, 0.5) is 5.69 Å². The average Bonchev–Trinajstić information content (AvgIpc) is 2.77. The minimum atomic E-state index is 0.166. The number of nitrogens with one attached hydrogen (secondary N) is 1. The number of nitrogens with zero attached hydrogens (tertiary/aromatic N) is 2. The highest BCUT2D eigenvalue weighted by Crippen LogP contribution is 2.18. The van der Waals surface area contributed by atoms with Crippen LogP contribution in [0.25, 0.3) is 0 Å². The Balaban J connectivity index is 2.01. The summed E-state index contributed by atoms with van der Waals surface area (Å²) in [6, 6.07) is 10.6. The molecule has 1 aliphatic heterocycles. The third-order valence-electron chi connectivity index (χ3n) is 4.37. The zero-order chi connectivity index (χ0) is 15.9. The summed E-state index contributed by atoms with van der Waals surface area (Å²) in [5.74, 6) is 0.181. The van der Waals surface area contributed by atoms with Crippen LogP contribution >= 0.6 is 0 Å². The SMILES string of the molecule is CC(C)N(C(=O)CN(C)C1CCCNCC1)c1ccccc1. The number of amides is 1. The molecule has 1 aromatic carbocycles. The Morgan fingerprint density at radius 2 is 1.95 bits per heavy atom. The molecule has 1 saturated heterocycles. The van der Waals surface area contributed by atoms with Gasteiger partial charge in [0.25, 0.3) is 0 Å². The number of carbonyl (C=O) groups excluding carboxylic acids is 1. The molecule has 1 unspecified atom stereocenters. The highest BCUT2D eigenvalue weighted by Gasteiger charge is 2.24. The van der Waals surface area contributed by atoms with Crippen molar-refractivity contribution in [1.82, 2.24) is 10.2 Å². The van der Waals surface area contributed by atoms with E-state index in [0.29, 0.717) is 12.6 Å². The Hall–Kier alpha value is -1.39. The molecule has 0 radical (unpaired) electrons. The van der Waals surface area contributed by atoms with Gasteiger partial charge in [-0.3, -0.25) is 9.69 Å². The van der Waals surface area contributed by atoms with E-state index in [9.17, 15) is 4.79 Å². The summed E-state index contributed by atoms with van der Waals surface area (Å²) in [6.45, 7) is 6.77. The molecule has 1 atom stereocenters. The standard InChI is InChI=1S/C18H29N3O/c1-15(2)21(17-8-5-4-6-9-17)18(22)14-20(3)16-10-7-12-19-13-11-16/h4-6,8-9,15-16,19H,7,10-14H2,1-3H3. The van der Waals surface area contributed by atoms with Crippen molar-refractivity contribution in [2.24, 2.45) is 0 Å². The molecule has 0 aliphatic carbocycles. The first-order chi connectivity index (χ1) is 10.6. The van der Waals surface area contributed by atoms with E-state index in [-0.39, 0.29) is 11.9 Å². The zero-order valence-electron chi connectivity index (χ0n) is 14.1. The van der Waals surface area contributed by atoms with Crippen LogP contribution in [-0.4, -0.2) is 49.6 Å². The maximum absolute atomic E-state index is 12.8. The Bertz CT molecular complexity index is 453. The molecule has 1 N–H and O–H groups in total. The number of rotatable bonds is 5. The van der Waals surface area contributed by atoms with Crippen molar-refractivity contribution in [2.75, 3.05) is 31.6 Å². The molecule has 0 spiro atoms. The van der Waals surface area contributed by atoms with Crippen molar-refractivity contribution >= 4 is 11.6 Å². The van der Waals surface area contributed by atoms with Gasteiger partial charge in [0.1, 0.15) is 0 Å². The second kappa shape index (κ2) is 8.30. The summed E-state index contributed by atoms with van der Waals surface area (Å²) < 4.78 is 0. The summed E-state index contributed by atoms with van der Waals surface area (Å²) in [5.41, 5.74) is 0.985. The maximum Gasteiger partial charge on any atom is 0.241 e. The normalized spacial score (nSPS) is 19.2. The summed E-state index contributed by atoms with van der Waals surface area (Å²) in [6.07, 6.45) is 3.48. The van der Waals surface area contributed by atoms with Crippen LogP contribution in [-0.2, 0) is 4.79 Å². The number of benzene rings is 1. The summed E-state index contributed by atoms with van der Waals surface area (Å²) in [7, 11) is 2.08. The van der Waals surface area contributed by atoms with Gasteiger partial charge in [-0.05, 0) is 65.4 Å². The molecule has 4 nitrogen and oxygen atoms in total. The van der Waals surface area contributed by atoms with Crippen molar-refractivity contribution in [2.45, 2.75) is 45.2 Å². The van der Waals surface area contributed by atoms with Crippen LogP contribution in [0, 0.1) is 0 Å². The number of carbonyl (C=O) groups is 1. The Morgan fingerprint density at radius 1 is 1.23 bits per heavy atom. The number of hydrogen-bond acceptors (Lipinski definition) is 3. The first kappa shape index (κ1) is 17.0. The number of para-hydroxylation sites is 1. The van der Waals surface area contributed by atoms with Crippen molar-refractivity contribution < 1.29 is 4.79 Å². The summed E-state index contributed by atoms with van der Waals surface area (Å²) in [5, 5.41) is 3.43. The molecule has 0 aromatic heterocycles. The highest BCUT2D eigenvalue weighted by molar-refractivity contribution is 5.95. The lowest BCUT2D eigenvalue weighted by Gasteiger charge is -2.32. The smallest absolute Gasteiger partial charge is 0.241 e. The van der Waals surface area contributed by atoms with Crippen LogP contribution < -0.4 is 10.2 Å². The predicted octanol–water partition coefficient (Wildman–Crippen LogP) is 2.50. The monoisotopic (exact) mass is 303 g/mol.